The number of rotatable bonds is 5. The van der Waals surface area contributed by atoms with Gasteiger partial charge in [0.1, 0.15) is 4.90 Å². The maximum Gasteiger partial charge on any atom is 0.246 e. The van der Waals surface area contributed by atoms with Gasteiger partial charge in [0.25, 0.3) is 0 Å². The lowest BCUT2D eigenvalue weighted by Gasteiger charge is -2.34. The normalized spacial score (nSPS) is 19.3. The van der Waals surface area contributed by atoms with E-state index in [2.05, 4.69) is 6.92 Å². The molecule has 1 aliphatic rings. The largest absolute Gasteiger partial charge is 0.267 e. The molecule has 0 bridgehead atoms. The van der Waals surface area contributed by atoms with Crippen molar-refractivity contribution < 1.29 is 8.42 Å². The third kappa shape index (κ3) is 4.27. The number of sulfonamides is 1. The molecule has 0 aliphatic carbocycles. The molecule has 1 unspecified atom stereocenters. The van der Waals surface area contributed by atoms with Gasteiger partial charge in [0.15, 0.2) is 0 Å². The highest BCUT2D eigenvalue weighted by atomic mass is 32.2. The number of hydrogen-bond donors (Lipinski definition) is 0. The molecule has 6 heteroatoms. The van der Waals surface area contributed by atoms with Crippen molar-refractivity contribution >= 4 is 10.0 Å². The summed E-state index contributed by atoms with van der Waals surface area (Å²) in [7, 11) is -3.56. The van der Waals surface area contributed by atoms with Crippen LogP contribution in [0.4, 0.5) is 0 Å². The fourth-order valence-corrected chi connectivity index (χ4v) is 5.90. The van der Waals surface area contributed by atoms with E-state index in [4.69, 9.17) is 5.10 Å². The zero-order valence-electron chi connectivity index (χ0n) is 16.9. The third-order valence-corrected chi connectivity index (χ3v) is 7.21. The van der Waals surface area contributed by atoms with Crippen LogP contribution in [0.15, 0.2) is 41.4 Å². The van der Waals surface area contributed by atoms with Gasteiger partial charge in [-0.2, -0.15) is 9.40 Å². The van der Waals surface area contributed by atoms with Crippen LogP contribution in [0.2, 0.25) is 0 Å². The quantitative estimate of drug-likeness (QED) is 0.771. The van der Waals surface area contributed by atoms with E-state index in [9.17, 15) is 8.42 Å². The molecule has 1 atom stereocenters. The Morgan fingerprint density at radius 2 is 1.85 bits per heavy atom. The fourth-order valence-electron chi connectivity index (χ4n) is 3.79. The first kappa shape index (κ1) is 20.1. The summed E-state index contributed by atoms with van der Waals surface area (Å²) in [5.41, 5.74) is 1.41. The molecule has 27 heavy (non-hydrogen) atoms. The van der Waals surface area contributed by atoms with Crippen LogP contribution < -0.4 is 0 Å². The molecule has 0 amide bonds. The van der Waals surface area contributed by atoms with Crippen molar-refractivity contribution in [2.45, 2.75) is 76.3 Å². The summed E-state index contributed by atoms with van der Waals surface area (Å²) in [6.45, 7) is 9.31. The van der Waals surface area contributed by atoms with Gasteiger partial charge in [0.05, 0.1) is 12.2 Å². The molecule has 1 fully saturated rings. The van der Waals surface area contributed by atoms with E-state index in [1.807, 2.05) is 51.1 Å². The van der Waals surface area contributed by atoms with Crippen LogP contribution in [0, 0.1) is 0 Å². The average molecular weight is 390 g/mol. The number of aromatic nitrogens is 2. The maximum atomic E-state index is 13.6. The van der Waals surface area contributed by atoms with Gasteiger partial charge in [-0.25, -0.2) is 8.42 Å². The van der Waals surface area contributed by atoms with Crippen LogP contribution in [-0.4, -0.2) is 35.1 Å². The van der Waals surface area contributed by atoms with Crippen LogP contribution in [0.25, 0.3) is 0 Å². The second-order valence-electron chi connectivity index (χ2n) is 8.45. The first-order valence-corrected chi connectivity index (χ1v) is 11.3. The minimum Gasteiger partial charge on any atom is -0.267 e. The molecule has 5 nitrogen and oxygen atoms in total. The number of nitrogens with zero attached hydrogens (tertiary/aromatic N) is 3. The van der Waals surface area contributed by atoms with Gasteiger partial charge in [0, 0.05) is 24.2 Å². The van der Waals surface area contributed by atoms with Crippen molar-refractivity contribution in [3.05, 3.63) is 47.8 Å². The number of hydrogen-bond acceptors (Lipinski definition) is 3. The first-order chi connectivity index (χ1) is 12.7. The molecule has 0 saturated carbocycles. The van der Waals surface area contributed by atoms with Gasteiger partial charge in [0.2, 0.25) is 10.0 Å². The van der Waals surface area contributed by atoms with E-state index in [1.54, 1.807) is 15.2 Å². The molecule has 0 N–H and O–H groups in total. The maximum absolute atomic E-state index is 13.6. The Bertz CT molecular complexity index is 867. The topological polar surface area (TPSA) is 55.2 Å². The summed E-state index contributed by atoms with van der Waals surface area (Å²) in [6.07, 6.45) is 5.55. The minimum atomic E-state index is -3.56. The Labute approximate surface area is 163 Å². The molecule has 0 spiro atoms. The van der Waals surface area contributed by atoms with Crippen LogP contribution in [0.3, 0.4) is 0 Å². The smallest absolute Gasteiger partial charge is 0.246 e. The van der Waals surface area contributed by atoms with E-state index >= 15 is 0 Å². The van der Waals surface area contributed by atoms with E-state index in [0.717, 1.165) is 31.2 Å². The molecule has 148 valence electrons. The molecule has 1 saturated heterocycles. The van der Waals surface area contributed by atoms with Crippen molar-refractivity contribution in [3.63, 3.8) is 0 Å². The summed E-state index contributed by atoms with van der Waals surface area (Å²) >= 11 is 0. The summed E-state index contributed by atoms with van der Waals surface area (Å²) in [5.74, 6) is 0. The van der Waals surface area contributed by atoms with Gasteiger partial charge in [-0.05, 0) is 24.8 Å². The molecule has 3 rings (SSSR count). The van der Waals surface area contributed by atoms with Crippen molar-refractivity contribution in [3.8, 4) is 0 Å². The Morgan fingerprint density at radius 1 is 1.15 bits per heavy atom. The van der Waals surface area contributed by atoms with E-state index < -0.39 is 10.0 Å². The van der Waals surface area contributed by atoms with E-state index in [0.29, 0.717) is 23.7 Å². The van der Waals surface area contributed by atoms with Crippen LogP contribution in [0.5, 0.6) is 0 Å². The monoisotopic (exact) mass is 389 g/mol. The average Bonchev–Trinajstić information content (AvgIpc) is 3.07. The van der Waals surface area contributed by atoms with Gasteiger partial charge in [-0.1, -0.05) is 64.4 Å². The molecular weight excluding hydrogens is 358 g/mol. The second-order valence-corrected chi connectivity index (χ2v) is 10.3. The number of piperidine rings is 1. The second kappa shape index (κ2) is 7.76. The molecule has 2 aromatic rings. The Kier molecular flexibility index (Phi) is 5.77. The highest BCUT2D eigenvalue weighted by Crippen LogP contribution is 2.33. The predicted octanol–water partition coefficient (Wildman–Crippen LogP) is 4.18. The van der Waals surface area contributed by atoms with Crippen LogP contribution in [-0.2, 0) is 22.0 Å². The summed E-state index contributed by atoms with van der Waals surface area (Å²) in [5, 5.41) is 4.70. The Morgan fingerprint density at radius 3 is 2.48 bits per heavy atom. The zero-order chi connectivity index (χ0) is 19.7. The molecule has 2 heterocycles. The highest BCUT2D eigenvalue weighted by molar-refractivity contribution is 7.89. The molecule has 1 aliphatic heterocycles. The Balaban J connectivity index is 2.02. The lowest BCUT2D eigenvalue weighted by Crippen LogP contribution is -2.43. The predicted molar refractivity (Wildman–Crippen MR) is 108 cm³/mol. The summed E-state index contributed by atoms with van der Waals surface area (Å²) < 4.78 is 30.6. The lowest BCUT2D eigenvalue weighted by molar-refractivity contribution is 0.246. The summed E-state index contributed by atoms with van der Waals surface area (Å²) in [6, 6.07) is 10.1. The first-order valence-electron chi connectivity index (χ1n) is 9.87. The minimum absolute atomic E-state index is 0.0917. The molecular formula is C21H31N3O2S. The lowest BCUT2D eigenvalue weighted by atomic mass is 9.92. The van der Waals surface area contributed by atoms with E-state index in [-0.39, 0.29) is 11.5 Å². The van der Waals surface area contributed by atoms with E-state index in [1.165, 1.54) is 0 Å². The van der Waals surface area contributed by atoms with Crippen LogP contribution >= 0.6 is 0 Å². The third-order valence-electron chi connectivity index (χ3n) is 5.26. The van der Waals surface area contributed by atoms with Crippen LogP contribution in [0.1, 0.15) is 64.6 Å². The zero-order valence-corrected chi connectivity index (χ0v) is 17.7. The highest BCUT2D eigenvalue weighted by Gasteiger charge is 2.37. The Hall–Kier alpha value is -1.66. The fraction of sp³-hybridized carbons (Fsp3) is 0.571. The molecule has 0 radical (unpaired) electrons. The van der Waals surface area contributed by atoms with Crippen molar-refractivity contribution in [1.82, 2.24) is 14.1 Å². The van der Waals surface area contributed by atoms with Crippen molar-refractivity contribution in [2.24, 2.45) is 0 Å². The van der Waals surface area contributed by atoms with Gasteiger partial charge in [-0.15, -0.1) is 0 Å². The standard InChI is InChI=1S/C21H31N3O2S/c1-5-18-13-9-10-14-24(18)27(25,26)19-16-23(22-20(19)21(2,3)4)15-17-11-7-6-8-12-17/h6-8,11-12,16,18H,5,9-10,13-15H2,1-4H3. The summed E-state index contributed by atoms with van der Waals surface area (Å²) in [4.78, 5) is 0.367. The van der Waals surface area contributed by atoms with Gasteiger partial charge < -0.3 is 0 Å². The number of benzene rings is 1. The molecule has 1 aromatic heterocycles. The SMILES string of the molecule is CCC1CCCCN1S(=O)(=O)c1cn(Cc2ccccc2)nc1C(C)(C)C. The van der Waals surface area contributed by atoms with Gasteiger partial charge in [-0.3, -0.25) is 4.68 Å². The van der Waals surface area contributed by atoms with Crippen molar-refractivity contribution in [1.29, 1.82) is 0 Å². The van der Waals surface area contributed by atoms with Gasteiger partial charge >= 0.3 is 0 Å². The molecule has 1 aromatic carbocycles. The van der Waals surface area contributed by atoms with Crippen molar-refractivity contribution in [2.75, 3.05) is 6.54 Å².